The van der Waals surface area contributed by atoms with Crippen molar-refractivity contribution in [2.75, 3.05) is 11.1 Å². The molecule has 0 aliphatic rings. The molecule has 0 aliphatic carbocycles. The average Bonchev–Trinajstić information content (AvgIpc) is 3.41. The molecule has 11 heteroatoms. The minimum Gasteiger partial charge on any atom is -0.459 e. The van der Waals surface area contributed by atoms with E-state index in [4.69, 9.17) is 32.4 Å². The van der Waals surface area contributed by atoms with Crippen LogP contribution >= 0.6 is 35.0 Å². The van der Waals surface area contributed by atoms with E-state index in [-0.39, 0.29) is 17.8 Å². The fourth-order valence-electron chi connectivity index (χ4n) is 3.33. The van der Waals surface area contributed by atoms with Gasteiger partial charge in [-0.05, 0) is 63.2 Å². The van der Waals surface area contributed by atoms with Crippen LogP contribution in [-0.2, 0) is 16.1 Å². The van der Waals surface area contributed by atoms with Crippen LogP contribution in [0.3, 0.4) is 0 Å². The highest BCUT2D eigenvalue weighted by atomic mass is 35.5. The molecule has 0 unspecified atom stereocenters. The SMILES string of the molecule is CCn1c(SCC(=O)Nc2cc(C(=O)OC(C)C)ccc2Cl)nnc1-c1cc2cc(Cl)ccc2o1. The van der Waals surface area contributed by atoms with Crippen LogP contribution in [0.2, 0.25) is 10.0 Å². The maximum atomic E-state index is 12.6. The van der Waals surface area contributed by atoms with Crippen LogP contribution in [0.5, 0.6) is 0 Å². The van der Waals surface area contributed by atoms with E-state index in [1.807, 2.05) is 23.6 Å². The van der Waals surface area contributed by atoms with Gasteiger partial charge in [-0.2, -0.15) is 0 Å². The fourth-order valence-corrected chi connectivity index (χ4v) is 4.48. The van der Waals surface area contributed by atoms with Gasteiger partial charge in [-0.25, -0.2) is 4.79 Å². The first kappa shape index (κ1) is 25.1. The number of carbonyl (C=O) groups excluding carboxylic acids is 2. The normalized spacial score (nSPS) is 11.3. The molecule has 2 heterocycles. The number of nitrogens with zero attached hydrogens (tertiary/aromatic N) is 3. The highest BCUT2D eigenvalue weighted by molar-refractivity contribution is 7.99. The Hall–Kier alpha value is -3.01. The number of hydrogen-bond acceptors (Lipinski definition) is 7. The average molecular weight is 533 g/mol. The number of thioether (sulfide) groups is 1. The van der Waals surface area contributed by atoms with Crippen LogP contribution in [0.15, 0.2) is 52.0 Å². The quantitative estimate of drug-likeness (QED) is 0.209. The maximum Gasteiger partial charge on any atom is 0.338 e. The van der Waals surface area contributed by atoms with Crippen LogP contribution < -0.4 is 5.32 Å². The number of aromatic nitrogens is 3. The lowest BCUT2D eigenvalue weighted by atomic mass is 10.2. The Kier molecular flexibility index (Phi) is 7.69. The predicted octanol–water partition coefficient (Wildman–Crippen LogP) is 6.31. The van der Waals surface area contributed by atoms with Crippen molar-refractivity contribution in [3.63, 3.8) is 0 Å². The number of benzene rings is 2. The lowest BCUT2D eigenvalue weighted by Crippen LogP contribution is -2.16. The Morgan fingerprint density at radius 2 is 1.94 bits per heavy atom. The van der Waals surface area contributed by atoms with Gasteiger partial charge in [-0.15, -0.1) is 10.2 Å². The van der Waals surface area contributed by atoms with Crippen LogP contribution in [0, 0.1) is 0 Å². The van der Waals surface area contributed by atoms with Crippen molar-refractivity contribution in [3.05, 3.63) is 58.1 Å². The molecule has 2 aromatic heterocycles. The Morgan fingerprint density at radius 1 is 1.14 bits per heavy atom. The molecule has 35 heavy (non-hydrogen) atoms. The zero-order valence-corrected chi connectivity index (χ0v) is 21.5. The van der Waals surface area contributed by atoms with Crippen molar-refractivity contribution in [3.8, 4) is 11.6 Å². The minimum absolute atomic E-state index is 0.0604. The van der Waals surface area contributed by atoms with Gasteiger partial charge >= 0.3 is 5.97 Å². The summed E-state index contributed by atoms with van der Waals surface area (Å²) in [6.07, 6.45) is -0.259. The van der Waals surface area contributed by atoms with Crippen molar-refractivity contribution in [1.29, 1.82) is 0 Å². The van der Waals surface area contributed by atoms with Gasteiger partial charge in [0, 0.05) is 17.0 Å². The first-order valence-electron chi connectivity index (χ1n) is 10.8. The van der Waals surface area contributed by atoms with Crippen LogP contribution in [0.4, 0.5) is 5.69 Å². The highest BCUT2D eigenvalue weighted by Gasteiger charge is 2.19. The summed E-state index contributed by atoms with van der Waals surface area (Å²) in [5.74, 6) is 0.381. The molecule has 2 aromatic carbocycles. The second-order valence-electron chi connectivity index (χ2n) is 7.83. The molecular formula is C24H22Cl2N4O4S. The van der Waals surface area contributed by atoms with E-state index in [9.17, 15) is 9.59 Å². The van der Waals surface area contributed by atoms with Crippen LogP contribution in [0.25, 0.3) is 22.6 Å². The second-order valence-corrected chi connectivity index (χ2v) is 9.61. The van der Waals surface area contributed by atoms with E-state index in [2.05, 4.69) is 15.5 Å². The Morgan fingerprint density at radius 3 is 2.69 bits per heavy atom. The smallest absolute Gasteiger partial charge is 0.338 e. The molecule has 0 atom stereocenters. The summed E-state index contributed by atoms with van der Waals surface area (Å²) in [4.78, 5) is 24.8. The third kappa shape index (κ3) is 5.80. The van der Waals surface area contributed by atoms with Crippen LogP contribution in [0.1, 0.15) is 31.1 Å². The van der Waals surface area contributed by atoms with Gasteiger partial charge in [0.05, 0.1) is 28.1 Å². The minimum atomic E-state index is -0.488. The summed E-state index contributed by atoms with van der Waals surface area (Å²) in [5, 5.41) is 13.6. The Labute approximate surface area is 215 Å². The molecule has 1 amide bonds. The summed E-state index contributed by atoms with van der Waals surface area (Å²) in [7, 11) is 0. The monoisotopic (exact) mass is 532 g/mol. The molecular weight excluding hydrogens is 511 g/mol. The number of amides is 1. The summed E-state index contributed by atoms with van der Waals surface area (Å²) in [5.41, 5.74) is 1.32. The van der Waals surface area contributed by atoms with Crippen molar-refractivity contribution in [1.82, 2.24) is 14.8 Å². The molecule has 4 aromatic rings. The number of fused-ring (bicyclic) bond motifs is 1. The van der Waals surface area contributed by atoms with Crippen molar-refractivity contribution in [2.45, 2.75) is 38.6 Å². The largest absolute Gasteiger partial charge is 0.459 e. The molecule has 4 rings (SSSR count). The predicted molar refractivity (Wildman–Crippen MR) is 137 cm³/mol. The molecule has 0 spiro atoms. The number of nitrogens with one attached hydrogen (secondary N) is 1. The molecule has 8 nitrogen and oxygen atoms in total. The van der Waals surface area contributed by atoms with Gasteiger partial charge in [0.25, 0.3) is 0 Å². The van der Waals surface area contributed by atoms with Gasteiger partial charge in [-0.3, -0.25) is 9.36 Å². The number of carbonyl (C=O) groups is 2. The van der Waals surface area contributed by atoms with E-state index < -0.39 is 5.97 Å². The molecule has 182 valence electrons. The number of halogens is 2. The zero-order chi connectivity index (χ0) is 25.1. The van der Waals surface area contributed by atoms with Gasteiger partial charge < -0.3 is 14.5 Å². The molecule has 0 radical (unpaired) electrons. The van der Waals surface area contributed by atoms with Crippen molar-refractivity contribution in [2.24, 2.45) is 0 Å². The summed E-state index contributed by atoms with van der Waals surface area (Å²) >= 11 is 13.5. The maximum absolute atomic E-state index is 12.6. The van der Waals surface area contributed by atoms with E-state index in [1.54, 1.807) is 38.1 Å². The Bertz CT molecular complexity index is 1400. The highest BCUT2D eigenvalue weighted by Crippen LogP contribution is 2.31. The standard InChI is InChI=1S/C24H22Cl2N4O4S/c1-4-30-22(20-11-15-9-16(25)6-8-19(15)34-20)28-29-24(30)35-12-21(31)27-18-10-14(5-7-17(18)26)23(32)33-13(2)3/h5-11,13H,4,12H2,1-3H3,(H,27,31). The topological polar surface area (TPSA) is 99.2 Å². The second kappa shape index (κ2) is 10.7. The molecule has 0 saturated heterocycles. The van der Waals surface area contributed by atoms with Gasteiger partial charge in [0.1, 0.15) is 5.58 Å². The lowest BCUT2D eigenvalue weighted by Gasteiger charge is -2.11. The van der Waals surface area contributed by atoms with Gasteiger partial charge in [-0.1, -0.05) is 35.0 Å². The molecule has 0 aliphatic heterocycles. The van der Waals surface area contributed by atoms with E-state index >= 15 is 0 Å². The molecule has 0 fully saturated rings. The summed E-state index contributed by atoms with van der Waals surface area (Å²) < 4.78 is 13.0. The first-order chi connectivity index (χ1) is 16.7. The summed E-state index contributed by atoms with van der Waals surface area (Å²) in [6, 6.07) is 11.8. The van der Waals surface area contributed by atoms with Crippen molar-refractivity contribution < 1.29 is 18.7 Å². The van der Waals surface area contributed by atoms with E-state index in [1.165, 1.54) is 17.8 Å². The number of anilines is 1. The first-order valence-corrected chi connectivity index (χ1v) is 12.5. The van der Waals surface area contributed by atoms with Crippen molar-refractivity contribution >= 4 is 63.5 Å². The third-order valence-corrected chi connectivity index (χ3v) is 6.41. The van der Waals surface area contributed by atoms with Gasteiger partial charge in [0.2, 0.25) is 11.7 Å². The zero-order valence-electron chi connectivity index (χ0n) is 19.2. The van der Waals surface area contributed by atoms with E-state index in [0.717, 1.165) is 5.39 Å². The number of rotatable bonds is 8. The van der Waals surface area contributed by atoms with E-state index in [0.29, 0.717) is 50.2 Å². The third-order valence-electron chi connectivity index (χ3n) is 4.88. The molecule has 0 saturated carbocycles. The fraction of sp³-hybridized carbons (Fsp3) is 0.250. The number of furan rings is 1. The molecule has 1 N–H and O–H groups in total. The summed E-state index contributed by atoms with van der Waals surface area (Å²) in [6.45, 7) is 6.06. The van der Waals surface area contributed by atoms with Crippen LogP contribution in [-0.4, -0.2) is 38.5 Å². The van der Waals surface area contributed by atoms with Gasteiger partial charge in [0.15, 0.2) is 10.9 Å². The number of ether oxygens (including phenoxy) is 1. The molecule has 0 bridgehead atoms. The lowest BCUT2D eigenvalue weighted by molar-refractivity contribution is -0.113. The Balaban J connectivity index is 1.46. The number of hydrogen-bond donors (Lipinski definition) is 1. The number of esters is 1.